The molecule has 2 aromatic carbocycles. The Kier molecular flexibility index (Phi) is 6.02. The smallest absolute Gasteiger partial charge is 0.251 e. The van der Waals surface area contributed by atoms with Gasteiger partial charge in [-0.1, -0.05) is 24.5 Å². The van der Waals surface area contributed by atoms with E-state index in [9.17, 15) is 4.79 Å². The Labute approximate surface area is 153 Å². The van der Waals surface area contributed by atoms with Crippen LogP contribution >= 0.6 is 0 Å². The zero-order chi connectivity index (χ0) is 18.2. The third-order valence-corrected chi connectivity index (χ3v) is 4.11. The maximum Gasteiger partial charge on any atom is 0.251 e. The topological polar surface area (TPSA) is 83.8 Å². The van der Waals surface area contributed by atoms with Gasteiger partial charge in [0.15, 0.2) is 0 Å². The van der Waals surface area contributed by atoms with Crippen molar-refractivity contribution >= 4 is 16.8 Å². The van der Waals surface area contributed by atoms with E-state index in [0.29, 0.717) is 18.7 Å². The second-order valence-electron chi connectivity index (χ2n) is 6.05. The molecule has 5 nitrogen and oxygen atoms in total. The van der Waals surface area contributed by atoms with E-state index in [1.165, 1.54) is 0 Å². The van der Waals surface area contributed by atoms with Crippen molar-refractivity contribution in [1.29, 1.82) is 0 Å². The van der Waals surface area contributed by atoms with Gasteiger partial charge in [0.25, 0.3) is 5.91 Å². The molecule has 0 aliphatic heterocycles. The Bertz CT molecular complexity index is 932. The standard InChI is InChI=1S/C21H22N4O/c22-14-4-1-5-15-23-21(26)17-11-8-16(9-12-17)10-13-20-18-6-2-3-7-19(18)24-25-20/h2-3,6-9,11-12H,1,4-5,14-15,22H2,(H,23,26)(H,24,25). The highest BCUT2D eigenvalue weighted by Crippen LogP contribution is 2.14. The molecule has 0 saturated heterocycles. The van der Waals surface area contributed by atoms with Gasteiger partial charge in [0, 0.05) is 23.1 Å². The fraction of sp³-hybridized carbons (Fsp3) is 0.238. The Morgan fingerprint density at radius 1 is 1.04 bits per heavy atom. The van der Waals surface area contributed by atoms with Gasteiger partial charge in [-0.05, 0) is 61.7 Å². The third-order valence-electron chi connectivity index (χ3n) is 4.11. The van der Waals surface area contributed by atoms with E-state index in [4.69, 9.17) is 5.73 Å². The van der Waals surface area contributed by atoms with Crippen molar-refractivity contribution in [2.45, 2.75) is 19.3 Å². The summed E-state index contributed by atoms with van der Waals surface area (Å²) < 4.78 is 0. The lowest BCUT2D eigenvalue weighted by molar-refractivity contribution is 0.0953. The van der Waals surface area contributed by atoms with E-state index >= 15 is 0 Å². The molecule has 0 bridgehead atoms. The van der Waals surface area contributed by atoms with E-state index in [1.54, 1.807) is 12.1 Å². The van der Waals surface area contributed by atoms with Crippen molar-refractivity contribution in [1.82, 2.24) is 15.5 Å². The molecule has 3 aromatic rings. The summed E-state index contributed by atoms with van der Waals surface area (Å²) in [5, 5.41) is 11.1. The highest BCUT2D eigenvalue weighted by atomic mass is 16.1. The number of nitrogens with one attached hydrogen (secondary N) is 2. The average molecular weight is 346 g/mol. The number of carbonyl (C=O) groups is 1. The Balaban J connectivity index is 1.61. The molecule has 0 spiro atoms. The summed E-state index contributed by atoms with van der Waals surface area (Å²) >= 11 is 0. The molecule has 0 aliphatic carbocycles. The molecular formula is C21H22N4O. The van der Waals surface area contributed by atoms with Crippen LogP contribution in [0.4, 0.5) is 0 Å². The van der Waals surface area contributed by atoms with Crippen LogP contribution in [0.2, 0.25) is 0 Å². The summed E-state index contributed by atoms with van der Waals surface area (Å²) in [5.41, 5.74) is 8.64. The van der Waals surface area contributed by atoms with Crippen LogP contribution in [0.5, 0.6) is 0 Å². The van der Waals surface area contributed by atoms with Gasteiger partial charge in [-0.2, -0.15) is 5.10 Å². The van der Waals surface area contributed by atoms with Crippen LogP contribution in [-0.4, -0.2) is 29.2 Å². The van der Waals surface area contributed by atoms with Gasteiger partial charge < -0.3 is 11.1 Å². The zero-order valence-corrected chi connectivity index (χ0v) is 14.6. The van der Waals surface area contributed by atoms with Crippen LogP contribution < -0.4 is 11.1 Å². The molecule has 0 aliphatic rings. The molecule has 4 N–H and O–H groups in total. The van der Waals surface area contributed by atoms with Crippen molar-refractivity contribution in [3.8, 4) is 11.8 Å². The van der Waals surface area contributed by atoms with Crippen LogP contribution in [0.3, 0.4) is 0 Å². The molecule has 3 rings (SSSR count). The number of nitrogens with zero attached hydrogens (tertiary/aromatic N) is 1. The van der Waals surface area contributed by atoms with E-state index in [0.717, 1.165) is 41.4 Å². The second-order valence-corrected chi connectivity index (χ2v) is 6.05. The number of fused-ring (bicyclic) bond motifs is 1. The van der Waals surface area contributed by atoms with Gasteiger partial charge in [-0.25, -0.2) is 0 Å². The first-order valence-electron chi connectivity index (χ1n) is 8.81. The summed E-state index contributed by atoms with van der Waals surface area (Å²) in [6, 6.07) is 15.2. The number of amides is 1. The predicted molar refractivity (Wildman–Crippen MR) is 104 cm³/mol. The number of rotatable bonds is 6. The summed E-state index contributed by atoms with van der Waals surface area (Å²) in [4.78, 5) is 12.1. The summed E-state index contributed by atoms with van der Waals surface area (Å²) in [5.74, 6) is 6.16. The molecule has 26 heavy (non-hydrogen) atoms. The number of hydrogen-bond donors (Lipinski definition) is 3. The minimum atomic E-state index is -0.0585. The average Bonchev–Trinajstić information content (AvgIpc) is 3.10. The van der Waals surface area contributed by atoms with Crippen molar-refractivity contribution in [3.63, 3.8) is 0 Å². The third kappa shape index (κ3) is 4.50. The predicted octanol–water partition coefficient (Wildman–Crippen LogP) is 2.82. The number of hydrogen-bond acceptors (Lipinski definition) is 3. The summed E-state index contributed by atoms with van der Waals surface area (Å²) in [7, 11) is 0. The van der Waals surface area contributed by atoms with Crippen LogP contribution in [0, 0.1) is 11.8 Å². The van der Waals surface area contributed by atoms with Gasteiger partial charge in [-0.3, -0.25) is 9.89 Å². The number of nitrogens with two attached hydrogens (primary N) is 1. The maximum atomic E-state index is 12.1. The van der Waals surface area contributed by atoms with Crippen LogP contribution in [0.15, 0.2) is 48.5 Å². The van der Waals surface area contributed by atoms with Gasteiger partial charge in [-0.15, -0.1) is 0 Å². The zero-order valence-electron chi connectivity index (χ0n) is 14.6. The molecule has 0 fully saturated rings. The van der Waals surface area contributed by atoms with Crippen molar-refractivity contribution in [3.05, 3.63) is 65.4 Å². The molecule has 0 unspecified atom stereocenters. The minimum Gasteiger partial charge on any atom is -0.352 e. The number of aromatic nitrogens is 2. The van der Waals surface area contributed by atoms with Gasteiger partial charge in [0.2, 0.25) is 0 Å². The molecule has 1 aromatic heterocycles. The lowest BCUT2D eigenvalue weighted by atomic mass is 10.1. The number of carbonyl (C=O) groups excluding carboxylic acids is 1. The Morgan fingerprint density at radius 3 is 2.65 bits per heavy atom. The highest BCUT2D eigenvalue weighted by Gasteiger charge is 2.04. The number of H-pyrrole nitrogens is 1. The first-order chi connectivity index (χ1) is 12.8. The maximum absolute atomic E-state index is 12.1. The lowest BCUT2D eigenvalue weighted by Crippen LogP contribution is -2.24. The molecule has 132 valence electrons. The van der Waals surface area contributed by atoms with E-state index in [2.05, 4.69) is 27.4 Å². The van der Waals surface area contributed by atoms with Crippen molar-refractivity contribution < 1.29 is 4.79 Å². The normalized spacial score (nSPS) is 10.3. The van der Waals surface area contributed by atoms with Crippen molar-refractivity contribution in [2.24, 2.45) is 5.73 Å². The van der Waals surface area contributed by atoms with Crippen molar-refractivity contribution in [2.75, 3.05) is 13.1 Å². The molecule has 1 heterocycles. The molecule has 5 heteroatoms. The summed E-state index contributed by atoms with van der Waals surface area (Å²) in [6.45, 7) is 1.37. The fourth-order valence-corrected chi connectivity index (χ4v) is 2.64. The molecule has 1 amide bonds. The second kappa shape index (κ2) is 8.84. The number of unbranched alkanes of at least 4 members (excludes halogenated alkanes) is 2. The minimum absolute atomic E-state index is 0.0585. The van der Waals surface area contributed by atoms with Gasteiger partial charge in [0.1, 0.15) is 5.69 Å². The number of para-hydroxylation sites is 1. The fourth-order valence-electron chi connectivity index (χ4n) is 2.64. The van der Waals surface area contributed by atoms with Crippen LogP contribution in [0.1, 0.15) is 40.9 Å². The van der Waals surface area contributed by atoms with E-state index < -0.39 is 0 Å². The van der Waals surface area contributed by atoms with Crippen LogP contribution in [0.25, 0.3) is 10.9 Å². The van der Waals surface area contributed by atoms with Gasteiger partial charge in [0.05, 0.1) is 5.52 Å². The van der Waals surface area contributed by atoms with E-state index in [1.807, 2.05) is 36.4 Å². The first kappa shape index (κ1) is 17.7. The largest absolute Gasteiger partial charge is 0.352 e. The molecule has 0 saturated carbocycles. The quantitative estimate of drug-likeness (QED) is 0.474. The monoisotopic (exact) mass is 346 g/mol. The van der Waals surface area contributed by atoms with Gasteiger partial charge >= 0.3 is 0 Å². The molecule has 0 atom stereocenters. The Hall–Kier alpha value is -3.10. The van der Waals surface area contributed by atoms with E-state index in [-0.39, 0.29) is 5.91 Å². The highest BCUT2D eigenvalue weighted by molar-refractivity contribution is 5.94. The SMILES string of the molecule is NCCCCCNC(=O)c1ccc(C#Cc2[nH]nc3ccccc23)cc1. The number of benzene rings is 2. The molecular weight excluding hydrogens is 324 g/mol. The lowest BCUT2D eigenvalue weighted by Gasteiger charge is -2.05. The van der Waals surface area contributed by atoms with Crippen LogP contribution in [-0.2, 0) is 0 Å². The summed E-state index contributed by atoms with van der Waals surface area (Å²) in [6.07, 6.45) is 2.98. The first-order valence-corrected chi connectivity index (χ1v) is 8.81. The molecule has 0 radical (unpaired) electrons. The number of aromatic amines is 1. The Morgan fingerprint density at radius 2 is 1.85 bits per heavy atom.